The number of aromatic nitrogens is 2. The highest BCUT2D eigenvalue weighted by Gasteiger charge is 2.32. The summed E-state index contributed by atoms with van der Waals surface area (Å²) in [7, 11) is 0. The fraction of sp³-hybridized carbons (Fsp3) is 0.419. The van der Waals surface area contributed by atoms with Gasteiger partial charge in [-0.05, 0) is 64.8 Å². The zero-order chi connectivity index (χ0) is 26.4. The van der Waals surface area contributed by atoms with Crippen molar-refractivity contribution in [3.8, 4) is 17.0 Å². The molecule has 0 bridgehead atoms. The number of nitrogens with zero attached hydrogens (tertiary/aromatic N) is 4. The Morgan fingerprint density at radius 2 is 1.84 bits per heavy atom. The van der Waals surface area contributed by atoms with E-state index in [9.17, 15) is 4.79 Å². The maximum absolute atomic E-state index is 13.7. The van der Waals surface area contributed by atoms with E-state index in [-0.39, 0.29) is 18.1 Å². The number of amides is 1. The molecule has 4 heterocycles. The number of hydrogen-bond donors (Lipinski definition) is 0. The Morgan fingerprint density at radius 3 is 2.58 bits per heavy atom. The molecular formula is C31H36N4O3. The molecule has 0 N–H and O–H groups in total. The van der Waals surface area contributed by atoms with E-state index in [0.29, 0.717) is 19.1 Å². The zero-order valence-corrected chi connectivity index (χ0v) is 22.7. The van der Waals surface area contributed by atoms with Crippen LogP contribution >= 0.6 is 0 Å². The molecule has 6 rings (SSSR count). The molecule has 2 aliphatic heterocycles. The molecule has 0 saturated carbocycles. The highest BCUT2D eigenvalue weighted by Crippen LogP contribution is 2.34. The van der Waals surface area contributed by atoms with Gasteiger partial charge in [-0.25, -0.2) is 0 Å². The standard InChI is InChI=1S/C31H36N4O3/c1-20(2)33-14-12-25(13-15-33)37-26-10-11-28-24(16-26)17-29-31(36)34(18-21(3)35(28)29)19-27-22(4)38-32-30(27)23-8-6-5-7-9-23/h5-11,16-17,20-21,25H,12-15,18-19H2,1-4H3. The normalized spacial score (nSPS) is 18.9. The minimum atomic E-state index is 0.0300. The van der Waals surface area contributed by atoms with Crippen molar-refractivity contribution >= 4 is 16.8 Å². The van der Waals surface area contributed by atoms with Gasteiger partial charge in [0, 0.05) is 53.7 Å². The van der Waals surface area contributed by atoms with E-state index >= 15 is 0 Å². The highest BCUT2D eigenvalue weighted by molar-refractivity contribution is 6.00. The van der Waals surface area contributed by atoms with Crippen LogP contribution in [-0.4, -0.2) is 57.2 Å². The lowest BCUT2D eigenvalue weighted by Gasteiger charge is -2.34. The number of carbonyl (C=O) groups is 1. The summed E-state index contributed by atoms with van der Waals surface area (Å²) in [4.78, 5) is 18.2. The van der Waals surface area contributed by atoms with Gasteiger partial charge in [0.25, 0.3) is 5.91 Å². The third-order valence-electron chi connectivity index (χ3n) is 8.13. The second-order valence-electron chi connectivity index (χ2n) is 11.0. The predicted octanol–water partition coefficient (Wildman–Crippen LogP) is 6.07. The van der Waals surface area contributed by atoms with Crippen LogP contribution in [0.15, 0.2) is 59.1 Å². The second kappa shape index (κ2) is 9.95. The highest BCUT2D eigenvalue weighted by atomic mass is 16.5. The van der Waals surface area contributed by atoms with Crippen LogP contribution < -0.4 is 4.74 Å². The maximum atomic E-state index is 13.7. The first-order valence-electron chi connectivity index (χ1n) is 13.7. The Bertz CT molecular complexity index is 1450. The van der Waals surface area contributed by atoms with Crippen molar-refractivity contribution in [2.75, 3.05) is 19.6 Å². The molecule has 198 valence electrons. The molecule has 1 atom stereocenters. The number of carbonyl (C=O) groups excluding carboxylic acids is 1. The number of aryl methyl sites for hydroxylation is 1. The van der Waals surface area contributed by atoms with Crippen molar-refractivity contribution in [2.24, 2.45) is 0 Å². The van der Waals surface area contributed by atoms with Gasteiger partial charge in [0.05, 0.1) is 6.54 Å². The lowest BCUT2D eigenvalue weighted by molar-refractivity contribution is 0.0664. The number of benzene rings is 2. The van der Waals surface area contributed by atoms with Gasteiger partial charge < -0.3 is 23.6 Å². The van der Waals surface area contributed by atoms with E-state index in [2.05, 4.69) is 53.6 Å². The van der Waals surface area contributed by atoms with E-state index in [0.717, 1.165) is 70.9 Å². The molecule has 1 amide bonds. The third-order valence-corrected chi connectivity index (χ3v) is 8.13. The van der Waals surface area contributed by atoms with Crippen LogP contribution in [0.3, 0.4) is 0 Å². The number of piperidine rings is 1. The predicted molar refractivity (Wildman–Crippen MR) is 148 cm³/mol. The fourth-order valence-electron chi connectivity index (χ4n) is 6.00. The van der Waals surface area contributed by atoms with Crippen molar-refractivity contribution < 1.29 is 14.1 Å². The molecule has 0 aliphatic carbocycles. The van der Waals surface area contributed by atoms with Crippen LogP contribution in [0.1, 0.15) is 61.5 Å². The van der Waals surface area contributed by atoms with Gasteiger partial charge in [0.2, 0.25) is 0 Å². The quantitative estimate of drug-likeness (QED) is 0.314. The Hall–Kier alpha value is -3.58. The van der Waals surface area contributed by atoms with Crippen molar-refractivity contribution in [1.82, 2.24) is 19.5 Å². The van der Waals surface area contributed by atoms with Crippen LogP contribution in [-0.2, 0) is 6.54 Å². The van der Waals surface area contributed by atoms with Crippen molar-refractivity contribution in [2.45, 2.75) is 65.3 Å². The van der Waals surface area contributed by atoms with Gasteiger partial charge in [-0.3, -0.25) is 4.79 Å². The molecule has 4 aromatic rings. The third kappa shape index (κ3) is 4.49. The number of rotatable bonds is 6. The molecule has 2 aliphatic rings. The number of ether oxygens (including phenoxy) is 1. The van der Waals surface area contributed by atoms with E-state index in [1.54, 1.807) is 0 Å². The molecule has 0 radical (unpaired) electrons. The molecule has 38 heavy (non-hydrogen) atoms. The Kier molecular flexibility index (Phi) is 6.48. The zero-order valence-electron chi connectivity index (χ0n) is 22.7. The molecule has 2 aromatic carbocycles. The summed E-state index contributed by atoms with van der Waals surface area (Å²) in [6.45, 7) is 11.8. The van der Waals surface area contributed by atoms with E-state index in [4.69, 9.17) is 9.26 Å². The van der Waals surface area contributed by atoms with Crippen LogP contribution in [0.5, 0.6) is 5.75 Å². The first-order chi connectivity index (χ1) is 18.4. The Morgan fingerprint density at radius 1 is 1.08 bits per heavy atom. The number of likely N-dealkylation sites (tertiary alicyclic amines) is 1. The molecule has 2 aromatic heterocycles. The van der Waals surface area contributed by atoms with Crippen molar-refractivity contribution in [1.29, 1.82) is 0 Å². The Balaban J connectivity index is 1.23. The summed E-state index contributed by atoms with van der Waals surface area (Å²) in [5.41, 5.74) is 4.55. The van der Waals surface area contributed by atoms with Crippen molar-refractivity contribution in [3.05, 3.63) is 71.6 Å². The summed E-state index contributed by atoms with van der Waals surface area (Å²) in [6, 6.07) is 19.0. The molecule has 1 unspecified atom stereocenters. The lowest BCUT2D eigenvalue weighted by atomic mass is 10.0. The smallest absolute Gasteiger partial charge is 0.270 e. The minimum Gasteiger partial charge on any atom is -0.490 e. The van der Waals surface area contributed by atoms with Crippen LogP contribution in [0.25, 0.3) is 22.2 Å². The lowest BCUT2D eigenvalue weighted by Crippen LogP contribution is -2.41. The van der Waals surface area contributed by atoms with Gasteiger partial charge >= 0.3 is 0 Å². The molecule has 7 nitrogen and oxygen atoms in total. The molecule has 7 heteroatoms. The number of fused-ring (bicyclic) bond motifs is 3. The van der Waals surface area contributed by atoms with Crippen LogP contribution in [0.2, 0.25) is 0 Å². The first-order valence-corrected chi connectivity index (χ1v) is 13.7. The van der Waals surface area contributed by atoms with Gasteiger partial charge in [0.15, 0.2) is 0 Å². The van der Waals surface area contributed by atoms with Crippen LogP contribution in [0, 0.1) is 6.92 Å². The monoisotopic (exact) mass is 512 g/mol. The van der Waals surface area contributed by atoms with Gasteiger partial charge in [-0.15, -0.1) is 0 Å². The van der Waals surface area contributed by atoms with E-state index < -0.39 is 0 Å². The summed E-state index contributed by atoms with van der Waals surface area (Å²) < 4.78 is 14.1. The molecule has 0 spiro atoms. The van der Waals surface area contributed by atoms with Crippen molar-refractivity contribution in [3.63, 3.8) is 0 Å². The summed E-state index contributed by atoms with van der Waals surface area (Å²) >= 11 is 0. The van der Waals surface area contributed by atoms with Gasteiger partial charge in [-0.1, -0.05) is 35.5 Å². The Labute approximate surface area is 224 Å². The molecule has 1 saturated heterocycles. The largest absolute Gasteiger partial charge is 0.490 e. The minimum absolute atomic E-state index is 0.0300. The van der Waals surface area contributed by atoms with Crippen LogP contribution in [0.4, 0.5) is 0 Å². The number of hydrogen-bond acceptors (Lipinski definition) is 5. The second-order valence-corrected chi connectivity index (χ2v) is 11.0. The topological polar surface area (TPSA) is 63.7 Å². The van der Waals surface area contributed by atoms with Gasteiger partial charge in [-0.2, -0.15) is 0 Å². The van der Waals surface area contributed by atoms with Gasteiger partial charge in [0.1, 0.15) is 29.0 Å². The SMILES string of the molecule is Cc1onc(-c2ccccc2)c1CN1CC(C)n2c(cc3cc(OC4CCN(C(C)C)CC4)ccc32)C1=O. The maximum Gasteiger partial charge on any atom is 0.270 e. The summed E-state index contributed by atoms with van der Waals surface area (Å²) in [5.74, 6) is 1.66. The average Bonchev–Trinajstić information content (AvgIpc) is 3.48. The van der Waals surface area contributed by atoms with E-state index in [1.807, 2.05) is 48.2 Å². The summed E-state index contributed by atoms with van der Waals surface area (Å²) in [5, 5.41) is 5.36. The van der Waals surface area contributed by atoms with E-state index in [1.165, 1.54) is 0 Å². The summed E-state index contributed by atoms with van der Waals surface area (Å²) in [6.07, 6.45) is 2.32. The fourth-order valence-corrected chi connectivity index (χ4v) is 6.00. The molecular weight excluding hydrogens is 476 g/mol. The average molecular weight is 513 g/mol. The first kappa shape index (κ1) is 24.7. The molecule has 1 fully saturated rings.